The highest BCUT2D eigenvalue weighted by atomic mass is 14.4. The van der Waals surface area contributed by atoms with Gasteiger partial charge in [-0.2, -0.15) is 0 Å². The molecular weight excluding hydrogens is 155 g/mol. The van der Waals surface area contributed by atoms with E-state index in [1.54, 1.807) is 0 Å². The molecule has 1 aliphatic carbocycles. The fourth-order valence-electron chi connectivity index (χ4n) is 2.23. The van der Waals surface area contributed by atoms with E-state index in [2.05, 4.69) is 42.5 Å². The van der Waals surface area contributed by atoms with E-state index in [-0.39, 0.29) is 0 Å². The fourth-order valence-corrected chi connectivity index (χ4v) is 2.23. The monoisotopic (exact) mass is 180 g/mol. The zero-order chi connectivity index (χ0) is 10.3. The van der Waals surface area contributed by atoms with Crippen LogP contribution in [0, 0.1) is 10.8 Å². The molecule has 0 bridgehead atoms. The Balaban J connectivity index is 2.68. The molecule has 76 valence electrons. The minimum absolute atomic E-state index is 0.476. The first-order chi connectivity index (χ1) is 5.66. The van der Waals surface area contributed by atoms with Crippen LogP contribution in [-0.2, 0) is 0 Å². The molecular formula is C12H25B. The molecule has 0 aromatic carbocycles. The maximum Gasteiger partial charge on any atom is 0.110 e. The summed E-state index contributed by atoms with van der Waals surface area (Å²) in [7, 11) is 2.47. The molecule has 0 amide bonds. The second-order valence-corrected chi connectivity index (χ2v) is 6.97. The second kappa shape index (κ2) is 3.03. The van der Waals surface area contributed by atoms with Gasteiger partial charge >= 0.3 is 0 Å². The minimum atomic E-state index is 0.476. The van der Waals surface area contributed by atoms with Crippen molar-refractivity contribution in [2.24, 2.45) is 10.8 Å². The number of hydrogen-bond acceptors (Lipinski definition) is 0. The van der Waals surface area contributed by atoms with Crippen LogP contribution in [0.3, 0.4) is 0 Å². The van der Waals surface area contributed by atoms with Crippen molar-refractivity contribution < 1.29 is 0 Å². The average molecular weight is 180 g/mol. The SMILES string of the molecule is BC1(C(C)(C)C)CCC(C)(C)CC1. The van der Waals surface area contributed by atoms with Gasteiger partial charge in [0.05, 0.1) is 0 Å². The topological polar surface area (TPSA) is 0 Å². The first-order valence-electron chi connectivity index (χ1n) is 5.66. The van der Waals surface area contributed by atoms with Crippen LogP contribution in [-0.4, -0.2) is 7.85 Å². The first kappa shape index (κ1) is 11.1. The third kappa shape index (κ3) is 2.30. The van der Waals surface area contributed by atoms with E-state index in [4.69, 9.17) is 0 Å². The largest absolute Gasteiger partial charge is 0.110 e. The van der Waals surface area contributed by atoms with E-state index < -0.39 is 0 Å². The van der Waals surface area contributed by atoms with Crippen molar-refractivity contribution in [2.75, 3.05) is 0 Å². The molecule has 13 heavy (non-hydrogen) atoms. The average Bonchev–Trinajstić information content (AvgIpc) is 1.94. The summed E-state index contributed by atoms with van der Waals surface area (Å²) in [6.07, 6.45) is 5.62. The Hall–Kier alpha value is 0.0649. The quantitative estimate of drug-likeness (QED) is 0.501. The zero-order valence-electron chi connectivity index (χ0n) is 10.3. The van der Waals surface area contributed by atoms with Crippen molar-refractivity contribution >= 4 is 7.85 Å². The molecule has 0 saturated heterocycles. The van der Waals surface area contributed by atoms with Crippen LogP contribution in [0.5, 0.6) is 0 Å². The summed E-state index contributed by atoms with van der Waals surface area (Å²) in [6, 6.07) is 0. The minimum Gasteiger partial charge on any atom is -0.0603 e. The van der Waals surface area contributed by atoms with E-state index in [9.17, 15) is 0 Å². The molecule has 1 saturated carbocycles. The zero-order valence-corrected chi connectivity index (χ0v) is 10.3. The third-order valence-corrected chi connectivity index (χ3v) is 4.52. The van der Waals surface area contributed by atoms with Gasteiger partial charge < -0.3 is 0 Å². The maximum atomic E-state index is 2.47. The molecule has 0 unspecified atom stereocenters. The second-order valence-electron chi connectivity index (χ2n) is 6.97. The van der Waals surface area contributed by atoms with Gasteiger partial charge in [0.25, 0.3) is 0 Å². The lowest BCUT2D eigenvalue weighted by molar-refractivity contribution is 0.126. The lowest BCUT2D eigenvalue weighted by atomic mass is 9.46. The van der Waals surface area contributed by atoms with Crippen molar-refractivity contribution in [1.29, 1.82) is 0 Å². The van der Waals surface area contributed by atoms with E-state index >= 15 is 0 Å². The Bertz CT molecular complexity index is 176. The van der Waals surface area contributed by atoms with Crippen LogP contribution in [0.4, 0.5) is 0 Å². The van der Waals surface area contributed by atoms with Crippen LogP contribution in [0.1, 0.15) is 60.3 Å². The normalized spacial score (nSPS) is 27.2. The lowest BCUT2D eigenvalue weighted by Crippen LogP contribution is -2.35. The van der Waals surface area contributed by atoms with Gasteiger partial charge in [-0.1, -0.05) is 52.8 Å². The summed E-state index contributed by atoms with van der Waals surface area (Å²) < 4.78 is 0. The first-order valence-corrected chi connectivity index (χ1v) is 5.66. The van der Waals surface area contributed by atoms with Gasteiger partial charge in [-0.25, -0.2) is 0 Å². The molecule has 0 radical (unpaired) electrons. The summed E-state index contributed by atoms with van der Waals surface area (Å²) in [5, 5.41) is 0.572. The van der Waals surface area contributed by atoms with Crippen molar-refractivity contribution in [3.63, 3.8) is 0 Å². The molecule has 0 nitrogen and oxygen atoms in total. The van der Waals surface area contributed by atoms with E-state index in [1.807, 2.05) is 0 Å². The number of rotatable bonds is 0. The Kier molecular flexibility index (Phi) is 2.60. The summed E-state index contributed by atoms with van der Waals surface area (Å²) >= 11 is 0. The molecule has 0 aliphatic heterocycles. The molecule has 1 rings (SSSR count). The highest BCUT2D eigenvalue weighted by Crippen LogP contribution is 2.56. The Morgan fingerprint density at radius 3 is 1.62 bits per heavy atom. The van der Waals surface area contributed by atoms with Crippen LogP contribution in [0.2, 0.25) is 5.31 Å². The van der Waals surface area contributed by atoms with Gasteiger partial charge in [-0.15, -0.1) is 0 Å². The van der Waals surface area contributed by atoms with Crippen molar-refractivity contribution in [1.82, 2.24) is 0 Å². The Morgan fingerprint density at radius 2 is 1.31 bits per heavy atom. The number of hydrogen-bond donors (Lipinski definition) is 0. The summed E-state index contributed by atoms with van der Waals surface area (Å²) in [6.45, 7) is 12.0. The van der Waals surface area contributed by atoms with Gasteiger partial charge in [-0.3, -0.25) is 0 Å². The van der Waals surface area contributed by atoms with Crippen LogP contribution < -0.4 is 0 Å². The lowest BCUT2D eigenvalue weighted by Gasteiger charge is -2.49. The molecule has 1 aliphatic rings. The third-order valence-electron chi connectivity index (χ3n) is 4.52. The van der Waals surface area contributed by atoms with Crippen LogP contribution >= 0.6 is 0 Å². The predicted molar refractivity (Wildman–Crippen MR) is 62.9 cm³/mol. The molecule has 0 heterocycles. The van der Waals surface area contributed by atoms with Crippen LogP contribution in [0.25, 0.3) is 0 Å². The smallest absolute Gasteiger partial charge is 0.0603 e. The summed E-state index contributed by atoms with van der Waals surface area (Å²) in [4.78, 5) is 0. The Labute approximate surface area is 84.9 Å². The van der Waals surface area contributed by atoms with E-state index in [1.165, 1.54) is 25.7 Å². The van der Waals surface area contributed by atoms with Gasteiger partial charge in [0.1, 0.15) is 7.85 Å². The van der Waals surface area contributed by atoms with Crippen molar-refractivity contribution in [3.05, 3.63) is 0 Å². The van der Waals surface area contributed by atoms with Gasteiger partial charge in [-0.05, 0) is 23.7 Å². The fraction of sp³-hybridized carbons (Fsp3) is 1.00. The van der Waals surface area contributed by atoms with E-state index in [0.717, 1.165) is 0 Å². The molecule has 0 spiro atoms. The molecule has 0 aromatic heterocycles. The molecule has 0 aromatic rings. The van der Waals surface area contributed by atoms with Crippen LogP contribution in [0.15, 0.2) is 0 Å². The summed E-state index contributed by atoms with van der Waals surface area (Å²) in [5.74, 6) is 0. The van der Waals surface area contributed by atoms with Gasteiger partial charge in [0.2, 0.25) is 0 Å². The highest BCUT2D eigenvalue weighted by molar-refractivity contribution is 6.15. The standard InChI is InChI=1S/C12H25B/c1-10(2,3)12(13)8-6-11(4,5)7-9-12/h6-9,13H2,1-5H3. The van der Waals surface area contributed by atoms with E-state index in [0.29, 0.717) is 16.1 Å². The molecule has 0 N–H and O–H groups in total. The van der Waals surface area contributed by atoms with Crippen molar-refractivity contribution in [3.8, 4) is 0 Å². The molecule has 1 fully saturated rings. The van der Waals surface area contributed by atoms with Crippen molar-refractivity contribution in [2.45, 2.75) is 65.6 Å². The van der Waals surface area contributed by atoms with Gasteiger partial charge in [0.15, 0.2) is 0 Å². The summed E-state index contributed by atoms with van der Waals surface area (Å²) in [5.41, 5.74) is 1.08. The highest BCUT2D eigenvalue weighted by Gasteiger charge is 2.41. The predicted octanol–water partition coefficient (Wildman–Crippen LogP) is 3.42. The molecule has 0 atom stereocenters. The maximum absolute atomic E-state index is 2.47. The van der Waals surface area contributed by atoms with Gasteiger partial charge in [0, 0.05) is 0 Å². The Morgan fingerprint density at radius 1 is 0.923 bits per heavy atom. The molecule has 1 heteroatoms.